The number of rotatable bonds is 6. The summed E-state index contributed by atoms with van der Waals surface area (Å²) < 4.78 is 39.4. The Bertz CT molecular complexity index is 494. The Hall–Kier alpha value is -0.940. The van der Waals surface area contributed by atoms with Gasteiger partial charge in [0.15, 0.2) is 0 Å². The van der Waals surface area contributed by atoms with Crippen molar-refractivity contribution in [1.82, 2.24) is 4.31 Å². The fraction of sp³-hybridized carbons (Fsp3) is 0.538. The summed E-state index contributed by atoms with van der Waals surface area (Å²) in [6.45, 7) is 6.43. The van der Waals surface area contributed by atoms with Gasteiger partial charge in [-0.2, -0.15) is 4.31 Å². The van der Waals surface area contributed by atoms with Gasteiger partial charge in [0, 0.05) is 13.1 Å². The number of hydrogen-bond acceptors (Lipinski definition) is 2. The molecule has 18 heavy (non-hydrogen) atoms. The topological polar surface area (TPSA) is 37.4 Å². The van der Waals surface area contributed by atoms with Crippen LogP contribution >= 0.6 is 0 Å². The van der Waals surface area contributed by atoms with Crippen molar-refractivity contribution < 1.29 is 12.8 Å². The molecule has 1 rings (SSSR count). The third-order valence-electron chi connectivity index (χ3n) is 2.71. The summed E-state index contributed by atoms with van der Waals surface area (Å²) in [4.78, 5) is 0.170. The maximum atomic E-state index is 13.2. The van der Waals surface area contributed by atoms with Crippen LogP contribution in [0.4, 0.5) is 4.39 Å². The van der Waals surface area contributed by atoms with E-state index in [1.807, 2.05) is 13.8 Å². The normalized spacial score (nSPS) is 12.1. The van der Waals surface area contributed by atoms with Crippen LogP contribution in [0.5, 0.6) is 0 Å². The van der Waals surface area contributed by atoms with E-state index in [0.29, 0.717) is 18.7 Å². The molecule has 1 aromatic carbocycles. The van der Waals surface area contributed by atoms with E-state index in [1.165, 1.54) is 22.5 Å². The Morgan fingerprint density at radius 3 is 2.17 bits per heavy atom. The van der Waals surface area contributed by atoms with Crippen LogP contribution in [-0.4, -0.2) is 25.8 Å². The lowest BCUT2D eigenvalue weighted by atomic mass is 10.2. The first-order valence-corrected chi connectivity index (χ1v) is 7.63. The third kappa shape index (κ3) is 3.29. The summed E-state index contributed by atoms with van der Waals surface area (Å²) in [6, 6.07) is 3.93. The van der Waals surface area contributed by atoms with Gasteiger partial charge in [-0.3, -0.25) is 0 Å². The molecule has 0 fully saturated rings. The molecular weight excluding hydrogens is 253 g/mol. The molecule has 0 saturated carbocycles. The first-order valence-electron chi connectivity index (χ1n) is 6.19. The van der Waals surface area contributed by atoms with Crippen molar-refractivity contribution in [3.8, 4) is 0 Å². The van der Waals surface area contributed by atoms with Gasteiger partial charge in [0.2, 0.25) is 10.0 Å². The molecule has 102 valence electrons. The molecule has 0 aliphatic carbocycles. The van der Waals surface area contributed by atoms with Crippen molar-refractivity contribution in [3.63, 3.8) is 0 Å². The average molecular weight is 273 g/mol. The van der Waals surface area contributed by atoms with E-state index in [1.54, 1.807) is 6.92 Å². The molecule has 0 atom stereocenters. The molecular formula is C13H20FNO2S. The van der Waals surface area contributed by atoms with Gasteiger partial charge in [-0.15, -0.1) is 0 Å². The summed E-state index contributed by atoms with van der Waals surface area (Å²) in [7, 11) is -3.50. The predicted octanol–water partition coefficient (Wildman–Crippen LogP) is 2.94. The van der Waals surface area contributed by atoms with Crippen LogP contribution in [0.1, 0.15) is 32.3 Å². The van der Waals surface area contributed by atoms with E-state index in [2.05, 4.69) is 0 Å². The van der Waals surface area contributed by atoms with Crippen LogP contribution in [0.25, 0.3) is 0 Å². The second-order valence-corrected chi connectivity index (χ2v) is 6.25. The average Bonchev–Trinajstić information content (AvgIpc) is 2.32. The van der Waals surface area contributed by atoms with Crippen molar-refractivity contribution in [1.29, 1.82) is 0 Å². The highest BCUT2D eigenvalue weighted by Crippen LogP contribution is 2.19. The van der Waals surface area contributed by atoms with Gasteiger partial charge in [0.25, 0.3) is 0 Å². The summed E-state index contributed by atoms with van der Waals surface area (Å²) >= 11 is 0. The molecule has 0 aromatic heterocycles. The molecule has 0 N–H and O–H groups in total. The van der Waals surface area contributed by atoms with Crippen molar-refractivity contribution in [2.24, 2.45) is 0 Å². The lowest BCUT2D eigenvalue weighted by Crippen LogP contribution is -2.32. The number of nitrogens with zero attached hydrogens (tertiary/aromatic N) is 1. The van der Waals surface area contributed by atoms with Crippen molar-refractivity contribution in [3.05, 3.63) is 29.6 Å². The predicted molar refractivity (Wildman–Crippen MR) is 70.5 cm³/mol. The summed E-state index contributed by atoms with van der Waals surface area (Å²) in [6.07, 6.45) is 1.53. The van der Waals surface area contributed by atoms with E-state index in [4.69, 9.17) is 0 Å². The molecule has 0 heterocycles. The van der Waals surface area contributed by atoms with E-state index >= 15 is 0 Å². The molecule has 0 unspecified atom stereocenters. The van der Waals surface area contributed by atoms with Crippen molar-refractivity contribution >= 4 is 10.0 Å². The molecule has 0 radical (unpaired) electrons. The lowest BCUT2D eigenvalue weighted by molar-refractivity contribution is 0.410. The van der Waals surface area contributed by atoms with E-state index in [9.17, 15) is 12.8 Å². The van der Waals surface area contributed by atoms with Crippen LogP contribution in [0.2, 0.25) is 0 Å². The minimum absolute atomic E-state index is 0.170. The van der Waals surface area contributed by atoms with Gasteiger partial charge in [-0.05, 0) is 43.5 Å². The molecule has 3 nitrogen and oxygen atoms in total. The Morgan fingerprint density at radius 1 is 1.17 bits per heavy atom. The number of benzene rings is 1. The van der Waals surface area contributed by atoms with Crippen LogP contribution in [-0.2, 0) is 10.0 Å². The van der Waals surface area contributed by atoms with Crippen LogP contribution in [0.15, 0.2) is 23.1 Å². The van der Waals surface area contributed by atoms with E-state index in [0.717, 1.165) is 12.8 Å². The maximum absolute atomic E-state index is 13.2. The second-order valence-electron chi connectivity index (χ2n) is 4.32. The summed E-state index contributed by atoms with van der Waals surface area (Å²) in [5.41, 5.74) is 0.351. The highest BCUT2D eigenvalue weighted by molar-refractivity contribution is 7.89. The summed E-state index contributed by atoms with van der Waals surface area (Å²) in [5, 5.41) is 0. The molecule has 0 saturated heterocycles. The van der Waals surface area contributed by atoms with Gasteiger partial charge in [0.05, 0.1) is 4.90 Å². The fourth-order valence-electron chi connectivity index (χ4n) is 1.78. The number of aryl methyl sites for hydroxylation is 1. The second kappa shape index (κ2) is 6.29. The van der Waals surface area contributed by atoms with E-state index in [-0.39, 0.29) is 10.7 Å². The molecule has 0 bridgehead atoms. The Kier molecular flexibility index (Phi) is 5.28. The third-order valence-corrected chi connectivity index (χ3v) is 4.61. The lowest BCUT2D eigenvalue weighted by Gasteiger charge is -2.21. The van der Waals surface area contributed by atoms with E-state index < -0.39 is 10.0 Å². The van der Waals surface area contributed by atoms with Gasteiger partial charge in [-0.1, -0.05) is 13.8 Å². The Morgan fingerprint density at radius 2 is 1.72 bits per heavy atom. The molecule has 0 spiro atoms. The first kappa shape index (κ1) is 15.1. The van der Waals surface area contributed by atoms with Crippen molar-refractivity contribution in [2.45, 2.75) is 38.5 Å². The molecule has 1 aromatic rings. The number of sulfonamides is 1. The highest BCUT2D eigenvalue weighted by atomic mass is 32.2. The number of halogens is 1. The Labute approximate surface area is 109 Å². The SMILES string of the molecule is CCCN(CCC)S(=O)(=O)c1ccc(F)c(C)c1. The highest BCUT2D eigenvalue weighted by Gasteiger charge is 2.23. The first-order chi connectivity index (χ1) is 8.43. The zero-order valence-corrected chi connectivity index (χ0v) is 11.9. The van der Waals surface area contributed by atoms with Gasteiger partial charge < -0.3 is 0 Å². The smallest absolute Gasteiger partial charge is 0.207 e. The van der Waals surface area contributed by atoms with Crippen molar-refractivity contribution in [2.75, 3.05) is 13.1 Å². The molecule has 0 amide bonds. The van der Waals surface area contributed by atoms with Gasteiger partial charge in [-0.25, -0.2) is 12.8 Å². The minimum atomic E-state index is -3.50. The molecule has 0 aliphatic rings. The quantitative estimate of drug-likeness (QED) is 0.799. The number of hydrogen-bond donors (Lipinski definition) is 0. The molecule has 5 heteroatoms. The van der Waals surface area contributed by atoms with Gasteiger partial charge >= 0.3 is 0 Å². The zero-order valence-electron chi connectivity index (χ0n) is 11.1. The largest absolute Gasteiger partial charge is 0.243 e. The molecule has 0 aliphatic heterocycles. The monoisotopic (exact) mass is 273 g/mol. The Balaban J connectivity index is 3.13. The summed E-state index contributed by atoms with van der Waals surface area (Å²) in [5.74, 6) is -0.383. The fourth-order valence-corrected chi connectivity index (χ4v) is 3.49. The van der Waals surface area contributed by atoms with Crippen LogP contribution in [0, 0.1) is 12.7 Å². The standard InChI is InChI=1S/C13H20FNO2S/c1-4-8-15(9-5-2)18(16,17)12-6-7-13(14)11(3)10-12/h6-7,10H,4-5,8-9H2,1-3H3. The minimum Gasteiger partial charge on any atom is -0.207 e. The zero-order chi connectivity index (χ0) is 13.8. The van der Waals surface area contributed by atoms with Gasteiger partial charge in [0.1, 0.15) is 5.82 Å². The maximum Gasteiger partial charge on any atom is 0.243 e. The van der Waals surface area contributed by atoms with Crippen LogP contribution in [0.3, 0.4) is 0 Å². The van der Waals surface area contributed by atoms with Crippen LogP contribution < -0.4 is 0 Å².